The lowest BCUT2D eigenvalue weighted by Gasteiger charge is -2.15. The van der Waals surface area contributed by atoms with E-state index in [9.17, 15) is 9.59 Å². The molecule has 31 heavy (non-hydrogen) atoms. The van der Waals surface area contributed by atoms with Gasteiger partial charge in [0.15, 0.2) is 11.5 Å². The van der Waals surface area contributed by atoms with Gasteiger partial charge in [-0.1, -0.05) is 0 Å². The zero-order chi connectivity index (χ0) is 22.1. The van der Waals surface area contributed by atoms with Gasteiger partial charge in [-0.05, 0) is 45.2 Å². The number of hydrogen-bond acceptors (Lipinski definition) is 7. The molecule has 1 saturated heterocycles. The molecule has 2 aromatic rings. The molecule has 0 bridgehead atoms. The molecule has 0 saturated carbocycles. The number of rotatable bonds is 13. The summed E-state index contributed by atoms with van der Waals surface area (Å²) in [4.78, 5) is 25.6. The van der Waals surface area contributed by atoms with Crippen molar-refractivity contribution in [1.29, 1.82) is 0 Å². The Morgan fingerprint density at radius 1 is 1.23 bits per heavy atom. The third-order valence-corrected chi connectivity index (χ3v) is 5.08. The Labute approximate surface area is 182 Å². The molecule has 1 aliphatic rings. The number of aromatic nitrogens is 4. The highest BCUT2D eigenvalue weighted by Crippen LogP contribution is 2.11. The maximum Gasteiger partial charge on any atom is 0.222 e. The summed E-state index contributed by atoms with van der Waals surface area (Å²) in [5.74, 6) is 1.60. The number of fused-ring (bicyclic) bond motifs is 1. The largest absolute Gasteiger partial charge is 0.379 e. The van der Waals surface area contributed by atoms with E-state index in [-0.39, 0.29) is 17.9 Å². The van der Waals surface area contributed by atoms with Crippen LogP contribution in [0.1, 0.15) is 51.8 Å². The van der Waals surface area contributed by atoms with Gasteiger partial charge < -0.3 is 20.3 Å². The van der Waals surface area contributed by atoms with Crippen molar-refractivity contribution in [3.63, 3.8) is 0 Å². The van der Waals surface area contributed by atoms with E-state index < -0.39 is 0 Å². The topological polar surface area (TPSA) is 114 Å². The van der Waals surface area contributed by atoms with Crippen LogP contribution in [-0.4, -0.2) is 75.4 Å². The highest BCUT2D eigenvalue weighted by molar-refractivity contribution is 5.78. The lowest BCUT2D eigenvalue weighted by atomic mass is 10.3. The second-order valence-electron chi connectivity index (χ2n) is 7.99. The van der Waals surface area contributed by atoms with Gasteiger partial charge in [0.2, 0.25) is 11.8 Å². The smallest absolute Gasteiger partial charge is 0.222 e. The number of aryl methyl sites for hydroxylation is 1. The summed E-state index contributed by atoms with van der Waals surface area (Å²) in [6.07, 6.45) is 4.29. The normalized spacial score (nSPS) is 14.0. The molecule has 1 aliphatic heterocycles. The molecule has 170 valence electrons. The summed E-state index contributed by atoms with van der Waals surface area (Å²) >= 11 is 0. The fraction of sp³-hybridized carbons (Fsp3) is 0.667. The van der Waals surface area contributed by atoms with Crippen LogP contribution >= 0.6 is 0 Å². The second-order valence-corrected chi connectivity index (χ2v) is 7.99. The standard InChI is InChI=1S/C21H33N7O3/c1-16(2)31-15-5-12-23-20(29)10-9-19-25-24-18-8-7-17(26-28(18)19)22-11-4-14-27-13-3-6-21(27)30/h7-8,16H,3-6,9-15H2,1-2H3,(H,22,26)(H,23,29). The molecular weight excluding hydrogens is 398 g/mol. The molecule has 0 radical (unpaired) electrons. The number of amides is 2. The van der Waals surface area contributed by atoms with Crippen LogP contribution < -0.4 is 10.6 Å². The van der Waals surface area contributed by atoms with Gasteiger partial charge in [0.1, 0.15) is 5.82 Å². The number of anilines is 1. The van der Waals surface area contributed by atoms with Crippen molar-refractivity contribution in [2.45, 2.75) is 58.5 Å². The molecule has 1 fully saturated rings. The Kier molecular flexibility index (Phi) is 8.57. The van der Waals surface area contributed by atoms with Crippen LogP contribution in [0.15, 0.2) is 12.1 Å². The Morgan fingerprint density at radius 3 is 2.87 bits per heavy atom. The molecule has 10 nitrogen and oxygen atoms in total. The quantitative estimate of drug-likeness (QED) is 0.461. The van der Waals surface area contributed by atoms with Crippen molar-refractivity contribution in [1.82, 2.24) is 30.0 Å². The molecule has 0 atom stereocenters. The average Bonchev–Trinajstić information content (AvgIpc) is 3.34. The summed E-state index contributed by atoms with van der Waals surface area (Å²) in [5.41, 5.74) is 0.648. The molecule has 2 aromatic heterocycles. The molecule has 2 amide bonds. The predicted octanol–water partition coefficient (Wildman–Crippen LogP) is 1.41. The van der Waals surface area contributed by atoms with Crippen LogP contribution in [0, 0.1) is 0 Å². The highest BCUT2D eigenvalue weighted by Gasteiger charge is 2.19. The van der Waals surface area contributed by atoms with E-state index in [1.54, 1.807) is 4.52 Å². The van der Waals surface area contributed by atoms with Crippen LogP contribution in [-0.2, 0) is 20.7 Å². The number of ether oxygens (including phenoxy) is 1. The third-order valence-electron chi connectivity index (χ3n) is 5.08. The van der Waals surface area contributed by atoms with Crippen LogP contribution in [0.25, 0.3) is 5.65 Å². The van der Waals surface area contributed by atoms with Crippen molar-refractivity contribution >= 4 is 23.3 Å². The Balaban J connectivity index is 1.41. The first-order valence-electron chi connectivity index (χ1n) is 11.1. The lowest BCUT2D eigenvalue weighted by Crippen LogP contribution is -2.27. The van der Waals surface area contributed by atoms with E-state index in [0.717, 1.165) is 44.7 Å². The number of likely N-dealkylation sites (tertiary alicyclic amines) is 1. The minimum Gasteiger partial charge on any atom is -0.379 e. The summed E-state index contributed by atoms with van der Waals surface area (Å²) < 4.78 is 7.14. The van der Waals surface area contributed by atoms with Crippen LogP contribution in [0.4, 0.5) is 5.82 Å². The first-order chi connectivity index (χ1) is 15.0. The predicted molar refractivity (Wildman–Crippen MR) is 117 cm³/mol. The fourth-order valence-corrected chi connectivity index (χ4v) is 3.44. The van der Waals surface area contributed by atoms with Gasteiger partial charge >= 0.3 is 0 Å². The Hall–Kier alpha value is -2.75. The van der Waals surface area contributed by atoms with E-state index in [1.165, 1.54) is 0 Å². The number of nitrogens with one attached hydrogen (secondary N) is 2. The maximum atomic E-state index is 12.1. The highest BCUT2D eigenvalue weighted by atomic mass is 16.5. The van der Waals surface area contributed by atoms with Crippen molar-refractivity contribution < 1.29 is 14.3 Å². The maximum absolute atomic E-state index is 12.1. The van der Waals surface area contributed by atoms with Crippen LogP contribution in [0.5, 0.6) is 0 Å². The Bertz CT molecular complexity index is 868. The molecule has 0 unspecified atom stereocenters. The molecule has 3 rings (SSSR count). The SMILES string of the molecule is CC(C)OCCCNC(=O)CCc1nnc2ccc(NCCCN3CCCC3=O)nn12. The van der Waals surface area contributed by atoms with Gasteiger partial charge in [-0.25, -0.2) is 0 Å². The lowest BCUT2D eigenvalue weighted by molar-refractivity contribution is -0.127. The summed E-state index contributed by atoms with van der Waals surface area (Å²) in [6.45, 7) is 7.59. The fourth-order valence-electron chi connectivity index (χ4n) is 3.44. The first-order valence-corrected chi connectivity index (χ1v) is 11.1. The number of hydrogen-bond donors (Lipinski definition) is 2. The van der Waals surface area contributed by atoms with Crippen molar-refractivity contribution in [2.75, 3.05) is 38.1 Å². The minimum atomic E-state index is -0.0213. The van der Waals surface area contributed by atoms with Crippen molar-refractivity contribution in [3.8, 4) is 0 Å². The van der Waals surface area contributed by atoms with Gasteiger partial charge in [-0.3, -0.25) is 9.59 Å². The minimum absolute atomic E-state index is 0.0213. The molecule has 0 aliphatic carbocycles. The van der Waals surface area contributed by atoms with E-state index in [1.807, 2.05) is 30.9 Å². The molecule has 3 heterocycles. The van der Waals surface area contributed by atoms with Gasteiger partial charge in [0.25, 0.3) is 0 Å². The molecule has 0 aromatic carbocycles. The summed E-state index contributed by atoms with van der Waals surface area (Å²) in [7, 11) is 0. The van der Waals surface area contributed by atoms with E-state index >= 15 is 0 Å². The second kappa shape index (κ2) is 11.6. The molecule has 10 heteroatoms. The van der Waals surface area contributed by atoms with Crippen molar-refractivity contribution in [3.05, 3.63) is 18.0 Å². The van der Waals surface area contributed by atoms with Gasteiger partial charge in [0, 0.05) is 52.0 Å². The monoisotopic (exact) mass is 431 g/mol. The summed E-state index contributed by atoms with van der Waals surface area (Å²) in [6, 6.07) is 3.71. The van der Waals surface area contributed by atoms with Gasteiger partial charge in [-0.15, -0.1) is 15.3 Å². The third kappa shape index (κ3) is 7.16. The average molecular weight is 432 g/mol. The number of carbonyl (C=O) groups excluding carboxylic acids is 2. The molecular formula is C21H33N7O3. The van der Waals surface area contributed by atoms with Gasteiger partial charge in [0.05, 0.1) is 6.10 Å². The van der Waals surface area contributed by atoms with Crippen molar-refractivity contribution in [2.24, 2.45) is 0 Å². The Morgan fingerprint density at radius 2 is 2.10 bits per heavy atom. The molecule has 0 spiro atoms. The van der Waals surface area contributed by atoms with E-state index in [4.69, 9.17) is 4.74 Å². The summed E-state index contributed by atoms with van der Waals surface area (Å²) in [5, 5.41) is 19.0. The zero-order valence-electron chi connectivity index (χ0n) is 18.5. The first kappa shape index (κ1) is 22.9. The van der Waals surface area contributed by atoms with Crippen LogP contribution in [0.3, 0.4) is 0 Å². The van der Waals surface area contributed by atoms with E-state index in [0.29, 0.717) is 43.9 Å². The van der Waals surface area contributed by atoms with E-state index in [2.05, 4.69) is 25.9 Å². The van der Waals surface area contributed by atoms with Crippen LogP contribution in [0.2, 0.25) is 0 Å². The number of nitrogens with zero attached hydrogens (tertiary/aromatic N) is 5. The number of carbonyl (C=O) groups is 2. The zero-order valence-corrected chi connectivity index (χ0v) is 18.5. The van der Waals surface area contributed by atoms with Gasteiger partial charge in [-0.2, -0.15) is 4.52 Å². The molecule has 2 N–H and O–H groups in total.